The molecule has 3 aromatic rings. The van der Waals surface area contributed by atoms with Gasteiger partial charge in [0.2, 0.25) is 5.84 Å². The zero-order valence-corrected chi connectivity index (χ0v) is 20.6. The summed E-state index contributed by atoms with van der Waals surface area (Å²) in [5, 5.41) is 7.91. The van der Waals surface area contributed by atoms with Gasteiger partial charge >= 0.3 is 5.97 Å². The van der Waals surface area contributed by atoms with Crippen molar-refractivity contribution >= 4 is 26.6 Å². The summed E-state index contributed by atoms with van der Waals surface area (Å²) in [4.78, 5) is 25.4. The molecule has 0 radical (unpaired) electrons. The molecule has 1 amide bonds. The lowest BCUT2D eigenvalue weighted by Crippen LogP contribution is -2.48. The second kappa shape index (κ2) is 12.2. The van der Waals surface area contributed by atoms with Crippen LogP contribution >= 0.6 is 8.88 Å². The topological polar surface area (TPSA) is 83.0 Å². The smallest absolute Gasteiger partial charge is 0.307 e. The summed E-state index contributed by atoms with van der Waals surface area (Å²) in [6, 6.07) is 27.8. The summed E-state index contributed by atoms with van der Waals surface area (Å²) in [5.74, 6) is -0.331. The summed E-state index contributed by atoms with van der Waals surface area (Å²) in [6.45, 7) is 2.59. The molecule has 0 fully saturated rings. The summed E-state index contributed by atoms with van der Waals surface area (Å²) < 4.78 is 9.52. The van der Waals surface area contributed by atoms with E-state index in [0.717, 1.165) is 22.3 Å². The number of hydrogen-bond donors (Lipinski definition) is 2. The number of amidine groups is 1. The molecule has 3 aromatic carbocycles. The van der Waals surface area contributed by atoms with Gasteiger partial charge in [-0.2, -0.15) is 5.20 Å². The number of benzene rings is 3. The van der Waals surface area contributed by atoms with Crippen LogP contribution < -0.4 is 10.5 Å². The van der Waals surface area contributed by atoms with Crippen LogP contribution in [0.15, 0.2) is 89.7 Å². The van der Waals surface area contributed by atoms with Crippen molar-refractivity contribution in [3.05, 3.63) is 96.1 Å². The van der Waals surface area contributed by atoms with Gasteiger partial charge in [0.25, 0.3) is 5.91 Å². The fraction of sp³-hybridized carbons (Fsp3) is 0.222. The fourth-order valence-corrected chi connectivity index (χ4v) is 4.58. The third-order valence-corrected chi connectivity index (χ3v) is 6.28. The van der Waals surface area contributed by atoms with Crippen LogP contribution in [-0.4, -0.2) is 35.4 Å². The van der Waals surface area contributed by atoms with E-state index in [1.165, 1.54) is 0 Å². The first-order valence-electron chi connectivity index (χ1n) is 11.6. The quantitative estimate of drug-likeness (QED) is 0.329. The van der Waals surface area contributed by atoms with Crippen LogP contribution in [0.2, 0.25) is 0 Å². The average Bonchev–Trinajstić information content (AvgIpc) is 3.34. The van der Waals surface area contributed by atoms with Crippen molar-refractivity contribution < 1.29 is 14.3 Å². The highest BCUT2D eigenvalue weighted by Crippen LogP contribution is 2.21. The second-order valence-corrected chi connectivity index (χ2v) is 8.85. The molecule has 1 unspecified atom stereocenters. The van der Waals surface area contributed by atoms with Crippen LogP contribution in [0.25, 0.3) is 11.1 Å². The van der Waals surface area contributed by atoms with Crippen molar-refractivity contribution in [1.82, 2.24) is 15.5 Å². The molecule has 0 saturated carbocycles. The Balaban J connectivity index is 1.44. The van der Waals surface area contributed by atoms with E-state index in [-0.39, 0.29) is 27.2 Å². The number of hydrogen-bond acceptors (Lipinski definition) is 6. The lowest BCUT2D eigenvalue weighted by atomic mass is 9.99. The maximum atomic E-state index is 13.2. The van der Waals surface area contributed by atoms with Gasteiger partial charge in [-0.1, -0.05) is 84.9 Å². The molecule has 1 aliphatic heterocycles. The number of carbonyl (C=O) groups excluding carboxylic acids is 2. The number of nitrogens with one attached hydrogen (secondary N) is 2. The molecule has 2 atom stereocenters. The van der Waals surface area contributed by atoms with Crippen molar-refractivity contribution in [2.75, 3.05) is 6.61 Å². The number of ether oxygens (including phenoxy) is 1. The highest BCUT2D eigenvalue weighted by atomic mass is 31.1. The van der Waals surface area contributed by atoms with E-state index in [4.69, 9.17) is 4.74 Å². The molecule has 0 spiro atoms. The van der Waals surface area contributed by atoms with Gasteiger partial charge < -0.3 is 10.1 Å². The normalized spacial score (nSPS) is 14.4. The highest BCUT2D eigenvalue weighted by molar-refractivity contribution is 7.35. The molecule has 1 aliphatic rings. The molecule has 8 heteroatoms. The summed E-state index contributed by atoms with van der Waals surface area (Å²) >= 11 is 0. The van der Waals surface area contributed by atoms with Gasteiger partial charge in [0.15, 0.2) is 0 Å². The number of nitrogens with zero attached hydrogens (tertiary/aromatic N) is 2. The van der Waals surface area contributed by atoms with Gasteiger partial charge in [-0.25, -0.2) is 4.76 Å². The van der Waals surface area contributed by atoms with Gasteiger partial charge in [-0.05, 0) is 35.6 Å². The number of hydrazine groups is 1. The summed E-state index contributed by atoms with van der Waals surface area (Å²) in [7, 11) is 0.0759. The Morgan fingerprint density at radius 1 is 0.943 bits per heavy atom. The van der Waals surface area contributed by atoms with E-state index in [1.807, 2.05) is 60.7 Å². The Hall–Kier alpha value is -3.54. The van der Waals surface area contributed by atoms with Crippen molar-refractivity contribution in [3.63, 3.8) is 0 Å². The van der Waals surface area contributed by atoms with E-state index >= 15 is 0 Å². The van der Waals surface area contributed by atoms with Crippen LogP contribution in [0, 0.1) is 0 Å². The zero-order chi connectivity index (χ0) is 24.5. The van der Waals surface area contributed by atoms with Crippen LogP contribution in [0.1, 0.15) is 24.5 Å². The Kier molecular flexibility index (Phi) is 8.60. The minimum Gasteiger partial charge on any atom is -0.466 e. The number of esters is 1. The van der Waals surface area contributed by atoms with Crippen molar-refractivity contribution in [3.8, 4) is 11.1 Å². The Morgan fingerprint density at radius 3 is 2.29 bits per heavy atom. The average molecular weight is 489 g/mol. The Labute approximate surface area is 207 Å². The molecule has 4 rings (SSSR count). The van der Waals surface area contributed by atoms with E-state index in [9.17, 15) is 9.59 Å². The molecule has 2 N–H and O–H groups in total. The third kappa shape index (κ3) is 6.98. The number of amides is 1. The van der Waals surface area contributed by atoms with E-state index in [0.29, 0.717) is 25.4 Å². The van der Waals surface area contributed by atoms with Crippen molar-refractivity contribution in [2.45, 2.75) is 32.4 Å². The molecule has 0 bridgehead atoms. The van der Waals surface area contributed by atoms with Crippen LogP contribution in [0.5, 0.6) is 0 Å². The maximum absolute atomic E-state index is 13.2. The molecule has 0 saturated heterocycles. The standard InChI is InChI=1S/C27H29N4O3P/c1-2-34-25(32)18-24(17-20-13-15-23(16-14-20)22-11-7-4-8-12-22)28-27(33)26-29-35-30-31(26)19-21-9-5-3-6-10-21/h3-16,24,30,35H,2,17-19H2,1H3,(H,28,33)/t24-/m1/s1. The predicted molar refractivity (Wildman–Crippen MR) is 140 cm³/mol. The minimum atomic E-state index is -0.422. The molecule has 35 heavy (non-hydrogen) atoms. The monoisotopic (exact) mass is 488 g/mol. The van der Waals surface area contributed by atoms with Crippen molar-refractivity contribution in [1.29, 1.82) is 0 Å². The molecule has 1 heterocycles. The molecule has 7 nitrogen and oxygen atoms in total. The predicted octanol–water partition coefficient (Wildman–Crippen LogP) is 4.26. The van der Waals surface area contributed by atoms with Crippen molar-refractivity contribution in [2.24, 2.45) is 4.76 Å². The molecule has 0 aliphatic carbocycles. The minimum absolute atomic E-state index is 0.0759. The van der Waals surface area contributed by atoms with Crippen LogP contribution in [-0.2, 0) is 27.3 Å². The summed E-state index contributed by atoms with van der Waals surface area (Å²) in [5.41, 5.74) is 4.34. The van der Waals surface area contributed by atoms with Crippen LogP contribution in [0.4, 0.5) is 0 Å². The fourth-order valence-electron chi connectivity index (χ4n) is 3.90. The van der Waals surface area contributed by atoms with E-state index < -0.39 is 6.04 Å². The second-order valence-electron chi connectivity index (χ2n) is 8.18. The first-order chi connectivity index (χ1) is 17.1. The highest BCUT2D eigenvalue weighted by Gasteiger charge is 2.27. The van der Waals surface area contributed by atoms with E-state index in [2.05, 4.69) is 39.5 Å². The number of rotatable bonds is 10. The molecule has 180 valence electrons. The zero-order valence-electron chi connectivity index (χ0n) is 19.6. The summed E-state index contributed by atoms with van der Waals surface area (Å²) in [6.07, 6.45) is 0.586. The van der Waals surface area contributed by atoms with E-state index in [1.54, 1.807) is 11.9 Å². The lowest BCUT2D eigenvalue weighted by molar-refractivity contribution is -0.143. The van der Waals surface area contributed by atoms with Gasteiger partial charge in [0.05, 0.1) is 28.5 Å². The van der Waals surface area contributed by atoms with Gasteiger partial charge in [-0.3, -0.25) is 14.6 Å². The Morgan fingerprint density at radius 2 is 1.60 bits per heavy atom. The van der Waals surface area contributed by atoms with Gasteiger partial charge in [0.1, 0.15) is 0 Å². The molecule has 0 aromatic heterocycles. The molecular formula is C27H29N4O3P. The lowest BCUT2D eigenvalue weighted by Gasteiger charge is -2.22. The first-order valence-corrected chi connectivity index (χ1v) is 12.6. The maximum Gasteiger partial charge on any atom is 0.307 e. The first kappa shape index (κ1) is 24.6. The Bertz CT molecular complexity index is 1150. The largest absolute Gasteiger partial charge is 0.466 e. The SMILES string of the molecule is CCOC(=O)C[C@@H](Cc1ccc(-c2ccccc2)cc1)NC(=O)C1=NPNN1Cc1ccccc1. The third-order valence-electron chi connectivity index (χ3n) is 5.59. The van der Waals surface area contributed by atoms with Gasteiger partial charge in [-0.15, -0.1) is 0 Å². The van der Waals surface area contributed by atoms with Crippen LogP contribution in [0.3, 0.4) is 0 Å². The number of carbonyl (C=O) groups is 2. The molecular weight excluding hydrogens is 459 g/mol. The van der Waals surface area contributed by atoms with Gasteiger partial charge in [0, 0.05) is 6.04 Å².